The molecule has 0 amide bonds. The van der Waals surface area contributed by atoms with Crippen LogP contribution in [0.25, 0.3) is 0 Å². The summed E-state index contributed by atoms with van der Waals surface area (Å²) in [7, 11) is 5.99. The highest BCUT2D eigenvalue weighted by atomic mass is 16.5. The van der Waals surface area contributed by atoms with E-state index in [0.717, 1.165) is 12.3 Å². The zero-order valence-electron chi connectivity index (χ0n) is 13.7. The summed E-state index contributed by atoms with van der Waals surface area (Å²) < 4.78 is 5.30. The van der Waals surface area contributed by atoms with Crippen LogP contribution in [-0.4, -0.2) is 32.6 Å². The van der Waals surface area contributed by atoms with E-state index in [1.807, 2.05) is 19.9 Å². The molecular weight excluding hydrogens is 234 g/mol. The molecule has 0 aliphatic carbocycles. The minimum atomic E-state index is 0.604. The van der Waals surface area contributed by atoms with Gasteiger partial charge in [-0.25, -0.2) is 0 Å². The smallest absolute Gasteiger partial charge is 0.119 e. The van der Waals surface area contributed by atoms with Gasteiger partial charge in [0.25, 0.3) is 0 Å². The Kier molecular flexibility index (Phi) is 9.32. The molecule has 1 aromatic rings. The van der Waals surface area contributed by atoms with E-state index in [1.165, 1.54) is 12.0 Å². The Morgan fingerprint density at radius 1 is 1.21 bits per heavy atom. The molecule has 0 N–H and O–H groups in total. The lowest BCUT2D eigenvalue weighted by Crippen LogP contribution is -2.24. The van der Waals surface area contributed by atoms with Crippen LogP contribution in [0.4, 0.5) is 0 Å². The third-order valence-corrected chi connectivity index (χ3v) is 3.30. The molecule has 0 spiro atoms. The maximum Gasteiger partial charge on any atom is 0.119 e. The van der Waals surface area contributed by atoms with E-state index in [1.54, 1.807) is 7.11 Å². The van der Waals surface area contributed by atoms with Gasteiger partial charge in [-0.15, -0.1) is 0 Å². The highest BCUT2D eigenvalue weighted by Crippen LogP contribution is 2.30. The molecule has 0 fully saturated rings. The number of methoxy groups -OCH3 is 1. The van der Waals surface area contributed by atoms with Crippen LogP contribution in [0.2, 0.25) is 0 Å². The van der Waals surface area contributed by atoms with Crippen molar-refractivity contribution in [1.82, 2.24) is 4.90 Å². The Hall–Kier alpha value is -1.02. The predicted molar refractivity (Wildman–Crippen MR) is 85.1 cm³/mol. The van der Waals surface area contributed by atoms with E-state index in [0.29, 0.717) is 11.8 Å². The van der Waals surface area contributed by atoms with Crippen molar-refractivity contribution in [2.75, 3.05) is 27.7 Å². The number of benzene rings is 1. The molecule has 0 aromatic heterocycles. The summed E-state index contributed by atoms with van der Waals surface area (Å²) in [4.78, 5) is 2.26. The zero-order valence-corrected chi connectivity index (χ0v) is 13.7. The van der Waals surface area contributed by atoms with Gasteiger partial charge in [-0.2, -0.15) is 0 Å². The number of hydrogen-bond acceptors (Lipinski definition) is 2. The fourth-order valence-electron chi connectivity index (χ4n) is 2.54. The molecule has 2 atom stereocenters. The Labute approximate surface area is 119 Å². The molecule has 0 aliphatic rings. The minimum Gasteiger partial charge on any atom is -0.497 e. The van der Waals surface area contributed by atoms with Crippen molar-refractivity contribution < 1.29 is 4.74 Å². The number of nitrogens with zero attached hydrogens (tertiary/aromatic N) is 1. The summed E-state index contributed by atoms with van der Waals surface area (Å²) >= 11 is 0. The van der Waals surface area contributed by atoms with E-state index in [2.05, 4.69) is 51.0 Å². The van der Waals surface area contributed by atoms with Gasteiger partial charge in [0.1, 0.15) is 5.75 Å². The van der Waals surface area contributed by atoms with Crippen molar-refractivity contribution in [3.63, 3.8) is 0 Å². The van der Waals surface area contributed by atoms with Crippen LogP contribution in [0.15, 0.2) is 24.3 Å². The van der Waals surface area contributed by atoms with Crippen LogP contribution in [0.3, 0.4) is 0 Å². The third kappa shape index (κ3) is 6.11. The van der Waals surface area contributed by atoms with E-state index in [9.17, 15) is 0 Å². The number of rotatable bonds is 6. The largest absolute Gasteiger partial charge is 0.497 e. The van der Waals surface area contributed by atoms with Gasteiger partial charge in [-0.1, -0.05) is 39.8 Å². The van der Waals surface area contributed by atoms with E-state index >= 15 is 0 Å². The standard InChI is InChI=1S/C15H25NO.C2H6/c1-6-15(12(2)11-16(3)4)13-8-7-9-14(10-13)17-5;1-2/h7-10,12,15H,6,11H2,1-5H3;1-2H3/t12-,15?;/m0./s1. The van der Waals surface area contributed by atoms with Crippen molar-refractivity contribution >= 4 is 0 Å². The van der Waals surface area contributed by atoms with E-state index < -0.39 is 0 Å². The molecule has 1 aromatic carbocycles. The van der Waals surface area contributed by atoms with Crippen LogP contribution >= 0.6 is 0 Å². The van der Waals surface area contributed by atoms with Crippen LogP contribution in [0.5, 0.6) is 5.75 Å². The van der Waals surface area contributed by atoms with Crippen molar-refractivity contribution in [2.24, 2.45) is 5.92 Å². The second-order valence-corrected chi connectivity index (χ2v) is 5.03. The molecule has 0 radical (unpaired) electrons. The summed E-state index contributed by atoms with van der Waals surface area (Å²) in [5.41, 5.74) is 1.39. The molecule has 19 heavy (non-hydrogen) atoms. The highest BCUT2D eigenvalue weighted by molar-refractivity contribution is 5.31. The average molecular weight is 265 g/mol. The van der Waals surface area contributed by atoms with Gasteiger partial charge in [0, 0.05) is 6.54 Å². The first-order valence-electron chi connectivity index (χ1n) is 7.37. The summed E-state index contributed by atoms with van der Waals surface area (Å²) in [6, 6.07) is 8.47. The molecule has 1 rings (SSSR count). The van der Waals surface area contributed by atoms with Gasteiger partial charge in [-0.3, -0.25) is 0 Å². The minimum absolute atomic E-state index is 0.604. The number of hydrogen-bond donors (Lipinski definition) is 0. The summed E-state index contributed by atoms with van der Waals surface area (Å²) in [6.45, 7) is 9.71. The molecular formula is C17H31NO. The lowest BCUT2D eigenvalue weighted by atomic mass is 9.85. The van der Waals surface area contributed by atoms with Gasteiger partial charge in [0.15, 0.2) is 0 Å². The lowest BCUT2D eigenvalue weighted by Gasteiger charge is -2.26. The second kappa shape index (κ2) is 9.85. The van der Waals surface area contributed by atoms with Gasteiger partial charge in [0.05, 0.1) is 7.11 Å². The van der Waals surface area contributed by atoms with Crippen LogP contribution < -0.4 is 4.74 Å². The van der Waals surface area contributed by atoms with Crippen LogP contribution in [0.1, 0.15) is 45.6 Å². The Morgan fingerprint density at radius 2 is 1.84 bits per heavy atom. The summed E-state index contributed by atoms with van der Waals surface area (Å²) in [5, 5.41) is 0. The van der Waals surface area contributed by atoms with Crippen molar-refractivity contribution in [1.29, 1.82) is 0 Å². The predicted octanol–water partition coefficient (Wildman–Crippen LogP) is 4.41. The fraction of sp³-hybridized carbons (Fsp3) is 0.647. The topological polar surface area (TPSA) is 12.5 Å². The number of ether oxygens (including phenoxy) is 1. The van der Waals surface area contributed by atoms with Gasteiger partial charge >= 0.3 is 0 Å². The Bertz CT molecular complexity index is 336. The van der Waals surface area contributed by atoms with Crippen LogP contribution in [0, 0.1) is 5.92 Å². The van der Waals surface area contributed by atoms with Crippen LogP contribution in [-0.2, 0) is 0 Å². The SMILES string of the molecule is CC.CCC(c1cccc(OC)c1)[C@@H](C)CN(C)C. The molecule has 0 heterocycles. The quantitative estimate of drug-likeness (QED) is 0.755. The molecule has 0 bridgehead atoms. The van der Waals surface area contributed by atoms with Crippen molar-refractivity contribution in [3.05, 3.63) is 29.8 Å². The summed E-state index contributed by atoms with van der Waals surface area (Å²) in [6.07, 6.45) is 1.17. The van der Waals surface area contributed by atoms with Crippen molar-refractivity contribution in [3.8, 4) is 5.75 Å². The van der Waals surface area contributed by atoms with Gasteiger partial charge in [0.2, 0.25) is 0 Å². The molecule has 2 heteroatoms. The van der Waals surface area contributed by atoms with Gasteiger partial charge in [-0.05, 0) is 50.0 Å². The van der Waals surface area contributed by atoms with Gasteiger partial charge < -0.3 is 9.64 Å². The third-order valence-electron chi connectivity index (χ3n) is 3.30. The molecule has 1 unspecified atom stereocenters. The summed E-state index contributed by atoms with van der Waals surface area (Å²) in [5.74, 6) is 2.22. The molecule has 2 nitrogen and oxygen atoms in total. The molecule has 110 valence electrons. The van der Waals surface area contributed by atoms with Crippen molar-refractivity contribution in [2.45, 2.75) is 40.0 Å². The molecule has 0 saturated heterocycles. The second-order valence-electron chi connectivity index (χ2n) is 5.03. The Balaban J connectivity index is 0.00000154. The highest BCUT2D eigenvalue weighted by Gasteiger charge is 2.18. The van der Waals surface area contributed by atoms with E-state index in [-0.39, 0.29) is 0 Å². The lowest BCUT2D eigenvalue weighted by molar-refractivity contribution is 0.301. The molecule has 0 aliphatic heterocycles. The Morgan fingerprint density at radius 3 is 2.32 bits per heavy atom. The average Bonchev–Trinajstić information content (AvgIpc) is 2.41. The first-order chi connectivity index (χ1) is 9.08. The maximum atomic E-state index is 5.30. The normalized spacial score (nSPS) is 13.5. The first-order valence-corrected chi connectivity index (χ1v) is 7.37. The maximum absolute atomic E-state index is 5.30. The van der Waals surface area contributed by atoms with E-state index in [4.69, 9.17) is 4.74 Å². The fourth-order valence-corrected chi connectivity index (χ4v) is 2.54. The first kappa shape index (κ1) is 18.0. The molecule has 0 saturated carbocycles. The zero-order chi connectivity index (χ0) is 14.8. The monoisotopic (exact) mass is 265 g/mol.